The van der Waals surface area contributed by atoms with Crippen molar-refractivity contribution in [2.24, 2.45) is 0 Å². The number of hydrogen-bond donors (Lipinski definition) is 1. The molecule has 19 heavy (non-hydrogen) atoms. The summed E-state index contributed by atoms with van der Waals surface area (Å²) in [5, 5.41) is 3.60. The molecule has 1 N–H and O–H groups in total. The maximum absolute atomic E-state index is 13.9. The van der Waals surface area contributed by atoms with Gasteiger partial charge < -0.3 is 5.32 Å². The Bertz CT molecular complexity index is 528. The van der Waals surface area contributed by atoms with Crippen molar-refractivity contribution in [1.82, 2.24) is 5.32 Å². The average Bonchev–Trinajstić information content (AvgIpc) is 2.42. The topological polar surface area (TPSA) is 12.0 Å². The molecule has 0 aliphatic carbocycles. The summed E-state index contributed by atoms with van der Waals surface area (Å²) in [5.41, 5.74) is 1.93. The first-order valence-corrected chi connectivity index (χ1v) is 6.74. The van der Waals surface area contributed by atoms with Crippen molar-refractivity contribution in [2.45, 2.75) is 18.9 Å². The number of benzene rings is 2. The predicted molar refractivity (Wildman–Crippen MR) is 78.0 cm³/mol. The lowest BCUT2D eigenvalue weighted by atomic mass is 9.99. The van der Waals surface area contributed by atoms with Crippen LogP contribution in [0.5, 0.6) is 0 Å². The summed E-state index contributed by atoms with van der Waals surface area (Å²) >= 11 is 5.78. The summed E-state index contributed by atoms with van der Waals surface area (Å²) in [6.45, 7) is 0. The fraction of sp³-hybridized carbons (Fsp3) is 0.250. The molecular weight excluding hydrogens is 261 g/mol. The van der Waals surface area contributed by atoms with E-state index in [9.17, 15) is 4.39 Å². The van der Waals surface area contributed by atoms with Crippen LogP contribution < -0.4 is 5.32 Å². The van der Waals surface area contributed by atoms with Crippen LogP contribution in [-0.2, 0) is 6.42 Å². The lowest BCUT2D eigenvalue weighted by molar-refractivity contribution is 0.509. The third kappa shape index (κ3) is 3.79. The Kier molecular flexibility index (Phi) is 4.94. The molecule has 0 aliphatic heterocycles. The summed E-state index contributed by atoms with van der Waals surface area (Å²) in [5.74, 6) is -0.250. The van der Waals surface area contributed by atoms with E-state index in [4.69, 9.17) is 11.6 Å². The van der Waals surface area contributed by atoms with Crippen LogP contribution >= 0.6 is 11.6 Å². The Morgan fingerprint density at radius 1 is 1.16 bits per heavy atom. The van der Waals surface area contributed by atoms with Gasteiger partial charge in [0.2, 0.25) is 0 Å². The quantitative estimate of drug-likeness (QED) is 0.856. The van der Waals surface area contributed by atoms with Crippen molar-refractivity contribution >= 4 is 11.6 Å². The van der Waals surface area contributed by atoms with Crippen LogP contribution in [-0.4, -0.2) is 7.05 Å². The molecule has 3 heteroatoms. The normalized spacial score (nSPS) is 12.4. The summed E-state index contributed by atoms with van der Waals surface area (Å²) in [7, 11) is 1.85. The predicted octanol–water partition coefficient (Wildman–Crippen LogP) is 4.37. The van der Waals surface area contributed by atoms with Gasteiger partial charge in [-0.1, -0.05) is 48.0 Å². The standard InChI is InChI=1S/C16H17ClFN/c1-19-16(10-7-12-5-3-2-4-6-12)14-9-8-13(17)11-15(14)18/h2-6,8-9,11,16,19H,7,10H2,1H3. The van der Waals surface area contributed by atoms with E-state index in [0.717, 1.165) is 12.8 Å². The SMILES string of the molecule is CNC(CCc1ccccc1)c1ccc(Cl)cc1F. The maximum Gasteiger partial charge on any atom is 0.129 e. The van der Waals surface area contributed by atoms with E-state index in [1.54, 1.807) is 12.1 Å². The molecular formula is C16H17ClFN. The molecule has 0 fully saturated rings. The highest BCUT2D eigenvalue weighted by Gasteiger charge is 2.14. The highest BCUT2D eigenvalue weighted by molar-refractivity contribution is 6.30. The zero-order chi connectivity index (χ0) is 13.7. The monoisotopic (exact) mass is 277 g/mol. The smallest absolute Gasteiger partial charge is 0.129 e. The largest absolute Gasteiger partial charge is 0.313 e. The van der Waals surface area contributed by atoms with Crippen molar-refractivity contribution in [3.8, 4) is 0 Å². The third-order valence-electron chi connectivity index (χ3n) is 3.25. The molecule has 0 bridgehead atoms. The minimum Gasteiger partial charge on any atom is -0.313 e. The summed E-state index contributed by atoms with van der Waals surface area (Å²) in [6.07, 6.45) is 1.76. The minimum atomic E-state index is -0.250. The second kappa shape index (κ2) is 6.69. The Morgan fingerprint density at radius 2 is 1.89 bits per heavy atom. The molecule has 0 saturated heterocycles. The second-order valence-electron chi connectivity index (χ2n) is 4.53. The molecule has 0 saturated carbocycles. The van der Waals surface area contributed by atoms with Crippen molar-refractivity contribution in [2.75, 3.05) is 7.05 Å². The van der Waals surface area contributed by atoms with E-state index in [2.05, 4.69) is 17.4 Å². The summed E-state index contributed by atoms with van der Waals surface area (Å²) in [4.78, 5) is 0. The third-order valence-corrected chi connectivity index (χ3v) is 3.49. The number of halogens is 2. The van der Waals surface area contributed by atoms with Crippen molar-refractivity contribution in [3.63, 3.8) is 0 Å². The van der Waals surface area contributed by atoms with E-state index in [1.165, 1.54) is 11.6 Å². The Morgan fingerprint density at radius 3 is 2.53 bits per heavy atom. The molecule has 100 valence electrons. The molecule has 0 spiro atoms. The van der Waals surface area contributed by atoms with E-state index in [0.29, 0.717) is 10.6 Å². The first kappa shape index (κ1) is 14.0. The van der Waals surface area contributed by atoms with E-state index in [-0.39, 0.29) is 11.9 Å². The number of nitrogens with one attached hydrogen (secondary N) is 1. The van der Waals surface area contributed by atoms with Gasteiger partial charge in [0.05, 0.1) is 0 Å². The van der Waals surface area contributed by atoms with Crippen LogP contribution in [0.15, 0.2) is 48.5 Å². The molecule has 0 aromatic heterocycles. The van der Waals surface area contributed by atoms with E-state index >= 15 is 0 Å². The maximum atomic E-state index is 13.9. The average molecular weight is 278 g/mol. The molecule has 1 nitrogen and oxygen atoms in total. The fourth-order valence-electron chi connectivity index (χ4n) is 2.20. The number of aryl methyl sites for hydroxylation is 1. The Labute approximate surface area is 118 Å². The van der Waals surface area contributed by atoms with Crippen LogP contribution in [0.3, 0.4) is 0 Å². The lowest BCUT2D eigenvalue weighted by Crippen LogP contribution is -2.18. The van der Waals surface area contributed by atoms with Gasteiger partial charge in [0.15, 0.2) is 0 Å². The molecule has 2 aromatic carbocycles. The Balaban J connectivity index is 2.08. The fourth-order valence-corrected chi connectivity index (χ4v) is 2.35. The van der Waals surface area contributed by atoms with Gasteiger partial charge in [-0.3, -0.25) is 0 Å². The van der Waals surface area contributed by atoms with Gasteiger partial charge in [0.1, 0.15) is 5.82 Å². The van der Waals surface area contributed by atoms with E-state index in [1.807, 2.05) is 25.2 Å². The van der Waals surface area contributed by atoms with Crippen LogP contribution in [0.1, 0.15) is 23.6 Å². The van der Waals surface area contributed by atoms with Gasteiger partial charge in [-0.25, -0.2) is 4.39 Å². The Hall–Kier alpha value is -1.38. The summed E-state index contributed by atoms with van der Waals surface area (Å²) < 4.78 is 13.9. The van der Waals surface area contributed by atoms with Gasteiger partial charge in [-0.05, 0) is 37.6 Å². The zero-order valence-corrected chi connectivity index (χ0v) is 11.6. The molecule has 1 unspecified atom stereocenters. The van der Waals surface area contributed by atoms with Crippen LogP contribution in [0.2, 0.25) is 5.02 Å². The van der Waals surface area contributed by atoms with Gasteiger partial charge in [0.25, 0.3) is 0 Å². The lowest BCUT2D eigenvalue weighted by Gasteiger charge is -2.17. The molecule has 2 aromatic rings. The minimum absolute atomic E-state index is 0.00234. The summed E-state index contributed by atoms with van der Waals surface area (Å²) in [6, 6.07) is 15.1. The van der Waals surface area contributed by atoms with Gasteiger partial charge in [-0.2, -0.15) is 0 Å². The molecule has 0 aliphatic rings. The van der Waals surface area contributed by atoms with E-state index < -0.39 is 0 Å². The van der Waals surface area contributed by atoms with Crippen LogP contribution in [0.25, 0.3) is 0 Å². The second-order valence-corrected chi connectivity index (χ2v) is 4.97. The number of rotatable bonds is 5. The molecule has 0 radical (unpaired) electrons. The highest BCUT2D eigenvalue weighted by Crippen LogP contribution is 2.24. The molecule has 2 rings (SSSR count). The first-order valence-electron chi connectivity index (χ1n) is 6.37. The van der Waals surface area contributed by atoms with Crippen molar-refractivity contribution in [1.29, 1.82) is 0 Å². The van der Waals surface area contributed by atoms with Gasteiger partial charge in [-0.15, -0.1) is 0 Å². The van der Waals surface area contributed by atoms with Gasteiger partial charge >= 0.3 is 0 Å². The van der Waals surface area contributed by atoms with Crippen molar-refractivity contribution in [3.05, 3.63) is 70.5 Å². The molecule has 0 heterocycles. The molecule has 1 atom stereocenters. The number of hydrogen-bond acceptors (Lipinski definition) is 1. The van der Waals surface area contributed by atoms with Crippen LogP contribution in [0.4, 0.5) is 4.39 Å². The zero-order valence-electron chi connectivity index (χ0n) is 10.9. The van der Waals surface area contributed by atoms with Crippen LogP contribution in [0, 0.1) is 5.82 Å². The molecule has 0 amide bonds. The van der Waals surface area contributed by atoms with Gasteiger partial charge in [0, 0.05) is 16.6 Å². The first-order chi connectivity index (χ1) is 9.20. The highest BCUT2D eigenvalue weighted by atomic mass is 35.5. The van der Waals surface area contributed by atoms with Crippen molar-refractivity contribution < 1.29 is 4.39 Å².